The Balaban J connectivity index is 2.23. The molecule has 108 valence electrons. The molecule has 1 heterocycles. The van der Waals surface area contributed by atoms with Crippen molar-refractivity contribution >= 4 is 22.9 Å². The Hall–Kier alpha value is -0.870. The number of benzene rings is 1. The predicted octanol–water partition coefficient (Wildman–Crippen LogP) is 4.48. The molecule has 2 N–H and O–H groups in total. The van der Waals surface area contributed by atoms with Crippen molar-refractivity contribution in [2.45, 2.75) is 32.0 Å². The van der Waals surface area contributed by atoms with Crippen LogP contribution in [0.2, 0.25) is 5.02 Å². The van der Waals surface area contributed by atoms with Gasteiger partial charge in [0.05, 0.1) is 6.04 Å². The van der Waals surface area contributed by atoms with Crippen LogP contribution in [0.3, 0.4) is 0 Å². The van der Waals surface area contributed by atoms with Gasteiger partial charge in [-0.2, -0.15) is 0 Å². The van der Waals surface area contributed by atoms with Crippen molar-refractivity contribution in [3.8, 4) is 0 Å². The normalized spacial score (nSPS) is 16.1. The van der Waals surface area contributed by atoms with E-state index in [1.54, 1.807) is 11.3 Å². The van der Waals surface area contributed by atoms with Gasteiger partial charge in [0.15, 0.2) is 0 Å². The van der Waals surface area contributed by atoms with Crippen LogP contribution in [0.1, 0.15) is 36.4 Å². The van der Waals surface area contributed by atoms with Gasteiger partial charge in [-0.25, -0.2) is 0 Å². The number of thiophene rings is 1. The average Bonchev–Trinajstić information content (AvgIpc) is 2.92. The first-order chi connectivity index (χ1) is 9.50. The molecule has 0 saturated heterocycles. The molecule has 1 aromatic carbocycles. The fraction of sp³-hybridized carbons (Fsp3) is 0.375. The van der Waals surface area contributed by atoms with Crippen molar-refractivity contribution < 1.29 is 0 Å². The molecule has 1 aromatic heterocycles. The summed E-state index contributed by atoms with van der Waals surface area (Å²) in [5.41, 5.74) is 7.46. The standard InChI is InChI=1S/C16H21ClN2S/c1-11(18)16(15-5-4-10-20-15)19(3)12(2)13-6-8-14(17)9-7-13/h4-12,16H,18H2,1-3H3. The maximum atomic E-state index is 6.21. The third-order valence-corrected chi connectivity index (χ3v) is 4.93. The van der Waals surface area contributed by atoms with Crippen molar-refractivity contribution in [2.24, 2.45) is 5.73 Å². The maximum Gasteiger partial charge on any atom is 0.0593 e. The molecule has 0 fully saturated rings. The van der Waals surface area contributed by atoms with Gasteiger partial charge in [-0.05, 0) is 50.0 Å². The molecule has 0 aliphatic carbocycles. The fourth-order valence-electron chi connectivity index (χ4n) is 2.51. The number of hydrogen-bond donors (Lipinski definition) is 1. The average molecular weight is 309 g/mol. The monoisotopic (exact) mass is 308 g/mol. The summed E-state index contributed by atoms with van der Waals surface area (Å²) in [5.74, 6) is 0. The lowest BCUT2D eigenvalue weighted by Gasteiger charge is -2.35. The molecule has 20 heavy (non-hydrogen) atoms. The first kappa shape index (κ1) is 15.5. The van der Waals surface area contributed by atoms with E-state index in [0.717, 1.165) is 5.02 Å². The second-order valence-corrected chi connectivity index (χ2v) is 6.63. The number of likely N-dealkylation sites (N-methyl/N-ethyl adjacent to an activating group) is 1. The van der Waals surface area contributed by atoms with Crippen molar-refractivity contribution in [2.75, 3.05) is 7.05 Å². The van der Waals surface area contributed by atoms with Gasteiger partial charge in [0.25, 0.3) is 0 Å². The lowest BCUT2D eigenvalue weighted by Crippen LogP contribution is -2.38. The topological polar surface area (TPSA) is 29.3 Å². The molecule has 2 nitrogen and oxygen atoms in total. The number of halogens is 1. The summed E-state index contributed by atoms with van der Waals surface area (Å²) < 4.78 is 0. The summed E-state index contributed by atoms with van der Waals surface area (Å²) in [5, 5.41) is 2.87. The summed E-state index contributed by atoms with van der Waals surface area (Å²) in [6.07, 6.45) is 0. The molecule has 3 unspecified atom stereocenters. The van der Waals surface area contributed by atoms with Crippen LogP contribution in [0.15, 0.2) is 41.8 Å². The van der Waals surface area contributed by atoms with E-state index >= 15 is 0 Å². The Morgan fingerprint density at radius 2 is 1.80 bits per heavy atom. The highest BCUT2D eigenvalue weighted by atomic mass is 35.5. The Morgan fingerprint density at radius 3 is 2.30 bits per heavy atom. The van der Waals surface area contributed by atoms with Crippen molar-refractivity contribution in [3.05, 3.63) is 57.2 Å². The summed E-state index contributed by atoms with van der Waals surface area (Å²) in [6, 6.07) is 12.9. The van der Waals surface area contributed by atoms with E-state index in [1.807, 2.05) is 12.1 Å². The summed E-state index contributed by atoms with van der Waals surface area (Å²) >= 11 is 7.72. The molecule has 2 aromatic rings. The number of rotatable bonds is 5. The van der Waals surface area contributed by atoms with E-state index in [1.165, 1.54) is 10.4 Å². The van der Waals surface area contributed by atoms with E-state index in [-0.39, 0.29) is 18.1 Å². The first-order valence-electron chi connectivity index (χ1n) is 6.77. The zero-order valence-electron chi connectivity index (χ0n) is 12.1. The quantitative estimate of drug-likeness (QED) is 0.882. The fourth-order valence-corrected chi connectivity index (χ4v) is 3.63. The molecule has 0 amide bonds. The second-order valence-electron chi connectivity index (χ2n) is 5.21. The zero-order valence-corrected chi connectivity index (χ0v) is 13.7. The highest BCUT2D eigenvalue weighted by Gasteiger charge is 2.26. The number of nitrogens with two attached hydrogens (primary N) is 1. The van der Waals surface area contributed by atoms with Crippen LogP contribution >= 0.6 is 22.9 Å². The van der Waals surface area contributed by atoms with Gasteiger partial charge in [-0.1, -0.05) is 29.8 Å². The molecule has 3 atom stereocenters. The summed E-state index contributed by atoms with van der Waals surface area (Å²) in [7, 11) is 2.13. The molecule has 4 heteroatoms. The third-order valence-electron chi connectivity index (χ3n) is 3.73. The number of hydrogen-bond acceptors (Lipinski definition) is 3. The summed E-state index contributed by atoms with van der Waals surface area (Å²) in [4.78, 5) is 3.64. The minimum Gasteiger partial charge on any atom is -0.326 e. The Labute approximate surface area is 130 Å². The highest BCUT2D eigenvalue weighted by Crippen LogP contribution is 2.33. The molecule has 0 spiro atoms. The van der Waals surface area contributed by atoms with Crippen molar-refractivity contribution in [3.63, 3.8) is 0 Å². The first-order valence-corrected chi connectivity index (χ1v) is 8.03. The maximum absolute atomic E-state index is 6.21. The molecule has 0 aliphatic rings. The van der Waals surface area contributed by atoms with Gasteiger partial charge in [-0.15, -0.1) is 11.3 Å². The van der Waals surface area contributed by atoms with E-state index in [0.29, 0.717) is 0 Å². The molecule has 2 rings (SSSR count). The van der Waals surface area contributed by atoms with E-state index in [4.69, 9.17) is 17.3 Å². The SMILES string of the molecule is CC(N)C(c1cccs1)N(C)C(C)c1ccc(Cl)cc1. The van der Waals surface area contributed by atoms with Crippen LogP contribution in [-0.4, -0.2) is 18.0 Å². The largest absolute Gasteiger partial charge is 0.326 e. The van der Waals surface area contributed by atoms with Crippen LogP contribution in [0.5, 0.6) is 0 Å². The van der Waals surface area contributed by atoms with E-state index < -0.39 is 0 Å². The van der Waals surface area contributed by atoms with Gasteiger partial charge in [-0.3, -0.25) is 4.90 Å². The van der Waals surface area contributed by atoms with Gasteiger partial charge in [0.2, 0.25) is 0 Å². The van der Waals surface area contributed by atoms with E-state index in [9.17, 15) is 0 Å². The summed E-state index contributed by atoms with van der Waals surface area (Å²) in [6.45, 7) is 4.27. The van der Waals surface area contributed by atoms with Crippen LogP contribution in [0.25, 0.3) is 0 Å². The van der Waals surface area contributed by atoms with Gasteiger partial charge >= 0.3 is 0 Å². The Morgan fingerprint density at radius 1 is 1.15 bits per heavy atom. The van der Waals surface area contributed by atoms with Crippen molar-refractivity contribution in [1.82, 2.24) is 4.90 Å². The zero-order chi connectivity index (χ0) is 14.7. The van der Waals surface area contributed by atoms with Gasteiger partial charge < -0.3 is 5.73 Å². The molecule has 0 bridgehead atoms. The smallest absolute Gasteiger partial charge is 0.0593 e. The molecule has 0 saturated carbocycles. The Bertz CT molecular complexity index is 522. The lowest BCUT2D eigenvalue weighted by molar-refractivity contribution is 0.168. The molecular formula is C16H21ClN2S. The highest BCUT2D eigenvalue weighted by molar-refractivity contribution is 7.10. The van der Waals surface area contributed by atoms with Gasteiger partial charge in [0.1, 0.15) is 0 Å². The third kappa shape index (κ3) is 3.41. The van der Waals surface area contributed by atoms with Crippen LogP contribution in [-0.2, 0) is 0 Å². The van der Waals surface area contributed by atoms with Gasteiger partial charge in [0, 0.05) is 22.0 Å². The second kappa shape index (κ2) is 6.72. The predicted molar refractivity (Wildman–Crippen MR) is 88.3 cm³/mol. The van der Waals surface area contributed by atoms with E-state index in [2.05, 4.69) is 55.4 Å². The minimum atomic E-state index is 0.0772. The number of nitrogens with zero attached hydrogens (tertiary/aromatic N) is 1. The van der Waals surface area contributed by atoms with Crippen LogP contribution < -0.4 is 5.73 Å². The van der Waals surface area contributed by atoms with Crippen molar-refractivity contribution in [1.29, 1.82) is 0 Å². The van der Waals surface area contributed by atoms with Crippen LogP contribution in [0.4, 0.5) is 0 Å². The molecular weight excluding hydrogens is 288 g/mol. The minimum absolute atomic E-state index is 0.0772. The molecule has 0 radical (unpaired) electrons. The van der Waals surface area contributed by atoms with Crippen LogP contribution in [0, 0.1) is 0 Å². The molecule has 0 aliphatic heterocycles. The lowest BCUT2D eigenvalue weighted by atomic mass is 10.0. The Kier molecular flexibility index (Phi) is 5.22.